The quantitative estimate of drug-likeness (QED) is 0.629. The predicted octanol–water partition coefficient (Wildman–Crippen LogP) is 5.70. The van der Waals surface area contributed by atoms with E-state index in [0.717, 1.165) is 29.5 Å². The van der Waals surface area contributed by atoms with Gasteiger partial charge in [0.05, 0.1) is 22.6 Å². The minimum absolute atomic E-state index is 0.233. The first-order valence-electron chi connectivity index (χ1n) is 7.25. The van der Waals surface area contributed by atoms with Gasteiger partial charge in [-0.1, -0.05) is 30.3 Å². The second-order valence-corrected chi connectivity index (χ2v) is 6.69. The highest BCUT2D eigenvalue weighted by atomic mass is 79.9. The number of nitrogens with zero attached hydrogens (tertiary/aromatic N) is 1. The third kappa shape index (κ3) is 4.22. The molecule has 0 heterocycles. The fourth-order valence-corrected chi connectivity index (χ4v) is 2.84. The monoisotopic (exact) mass is 345 g/mol. The van der Waals surface area contributed by atoms with Crippen molar-refractivity contribution in [3.8, 4) is 11.8 Å². The Morgan fingerprint density at radius 3 is 2.67 bits per heavy atom. The first-order valence-corrected chi connectivity index (χ1v) is 8.04. The number of benzene rings is 2. The van der Waals surface area contributed by atoms with Crippen molar-refractivity contribution in [2.45, 2.75) is 33.1 Å². The minimum atomic E-state index is -0.233. The molecule has 2 rings (SSSR count). The molecule has 0 atom stereocenters. The Kier molecular flexibility index (Phi) is 5.25. The maximum Gasteiger partial charge on any atom is 0.134 e. The molecule has 110 valence electrons. The SMILES string of the molecule is CC(C)(C#N)CCCCOc1ccc2ccccc2c1Br. The fourth-order valence-electron chi connectivity index (χ4n) is 2.23. The van der Waals surface area contributed by atoms with Crippen LogP contribution in [0.1, 0.15) is 33.1 Å². The van der Waals surface area contributed by atoms with Crippen LogP contribution in [0.2, 0.25) is 0 Å². The standard InChI is InChI=1S/C18H20BrNO/c1-18(2,13-20)11-5-6-12-21-16-10-9-14-7-3-4-8-15(14)17(16)19/h3-4,7-10H,5-6,11-12H2,1-2H3. The summed E-state index contributed by atoms with van der Waals surface area (Å²) < 4.78 is 6.88. The van der Waals surface area contributed by atoms with Gasteiger partial charge in [-0.15, -0.1) is 0 Å². The lowest BCUT2D eigenvalue weighted by Crippen LogP contribution is -2.08. The van der Waals surface area contributed by atoms with E-state index in [1.807, 2.05) is 32.0 Å². The lowest BCUT2D eigenvalue weighted by molar-refractivity contribution is 0.294. The summed E-state index contributed by atoms with van der Waals surface area (Å²) in [5, 5.41) is 11.3. The number of nitriles is 1. The van der Waals surface area contributed by atoms with Crippen LogP contribution in [0.15, 0.2) is 40.9 Å². The van der Waals surface area contributed by atoms with E-state index in [2.05, 4.69) is 40.2 Å². The highest BCUT2D eigenvalue weighted by Crippen LogP contribution is 2.33. The van der Waals surface area contributed by atoms with Crippen molar-refractivity contribution < 1.29 is 4.74 Å². The van der Waals surface area contributed by atoms with Gasteiger partial charge in [0.15, 0.2) is 0 Å². The molecule has 3 heteroatoms. The molecule has 0 saturated carbocycles. The maximum absolute atomic E-state index is 8.98. The number of hydrogen-bond acceptors (Lipinski definition) is 2. The first kappa shape index (κ1) is 15.9. The van der Waals surface area contributed by atoms with Gasteiger partial charge in [-0.2, -0.15) is 5.26 Å². The molecule has 2 nitrogen and oxygen atoms in total. The molecule has 0 N–H and O–H groups in total. The molecule has 0 aliphatic rings. The van der Waals surface area contributed by atoms with Crippen molar-refractivity contribution in [3.63, 3.8) is 0 Å². The lowest BCUT2D eigenvalue weighted by Gasteiger charge is -2.15. The summed E-state index contributed by atoms with van der Waals surface area (Å²) in [4.78, 5) is 0. The molecule has 2 aromatic rings. The molecule has 2 aromatic carbocycles. The zero-order valence-corrected chi connectivity index (χ0v) is 14.1. The van der Waals surface area contributed by atoms with Crippen LogP contribution < -0.4 is 4.74 Å². The molecule has 0 radical (unpaired) electrons. The van der Waals surface area contributed by atoms with E-state index in [1.165, 1.54) is 10.8 Å². The third-order valence-electron chi connectivity index (χ3n) is 3.58. The summed E-state index contributed by atoms with van der Waals surface area (Å²) in [5.41, 5.74) is -0.233. The number of ether oxygens (including phenoxy) is 1. The van der Waals surface area contributed by atoms with Crippen molar-refractivity contribution in [2.75, 3.05) is 6.61 Å². The fraction of sp³-hybridized carbons (Fsp3) is 0.389. The van der Waals surface area contributed by atoms with Crippen LogP contribution in [0.5, 0.6) is 5.75 Å². The minimum Gasteiger partial charge on any atom is -0.492 e. The van der Waals surface area contributed by atoms with Crippen molar-refractivity contribution in [2.24, 2.45) is 5.41 Å². The second-order valence-electron chi connectivity index (χ2n) is 5.90. The Morgan fingerprint density at radius 1 is 1.14 bits per heavy atom. The molecular weight excluding hydrogens is 326 g/mol. The molecule has 0 spiro atoms. The van der Waals surface area contributed by atoms with E-state index in [-0.39, 0.29) is 5.41 Å². The number of hydrogen-bond donors (Lipinski definition) is 0. The van der Waals surface area contributed by atoms with Gasteiger partial charge in [0.1, 0.15) is 5.75 Å². The molecule has 0 aromatic heterocycles. The van der Waals surface area contributed by atoms with Gasteiger partial charge in [-0.25, -0.2) is 0 Å². The topological polar surface area (TPSA) is 33.0 Å². The Labute approximate surface area is 134 Å². The summed E-state index contributed by atoms with van der Waals surface area (Å²) in [7, 11) is 0. The molecule has 0 aliphatic carbocycles. The molecular formula is C18H20BrNO. The van der Waals surface area contributed by atoms with Crippen LogP contribution in [0.3, 0.4) is 0 Å². The summed E-state index contributed by atoms with van der Waals surface area (Å²) in [6.07, 6.45) is 2.88. The van der Waals surface area contributed by atoms with Gasteiger partial charge >= 0.3 is 0 Å². The van der Waals surface area contributed by atoms with Gasteiger partial charge in [-0.3, -0.25) is 0 Å². The Morgan fingerprint density at radius 2 is 1.90 bits per heavy atom. The summed E-state index contributed by atoms with van der Waals surface area (Å²) in [6, 6.07) is 14.7. The van der Waals surface area contributed by atoms with Crippen molar-refractivity contribution in [1.29, 1.82) is 5.26 Å². The highest BCUT2D eigenvalue weighted by molar-refractivity contribution is 9.10. The molecule has 0 fully saturated rings. The van der Waals surface area contributed by atoms with Crippen molar-refractivity contribution in [1.82, 2.24) is 0 Å². The van der Waals surface area contributed by atoms with Crippen LogP contribution >= 0.6 is 15.9 Å². The van der Waals surface area contributed by atoms with Gasteiger partial charge in [0, 0.05) is 0 Å². The molecule has 21 heavy (non-hydrogen) atoms. The number of fused-ring (bicyclic) bond motifs is 1. The Bertz CT molecular complexity index is 658. The molecule has 0 aliphatic heterocycles. The van der Waals surface area contributed by atoms with Gasteiger partial charge < -0.3 is 4.74 Å². The highest BCUT2D eigenvalue weighted by Gasteiger charge is 2.15. The lowest BCUT2D eigenvalue weighted by atomic mass is 9.89. The Balaban J connectivity index is 1.90. The summed E-state index contributed by atoms with van der Waals surface area (Å²) in [5.74, 6) is 0.883. The van der Waals surface area contributed by atoms with Crippen molar-refractivity contribution >= 4 is 26.7 Å². The molecule has 0 saturated heterocycles. The van der Waals surface area contributed by atoms with Crippen molar-refractivity contribution in [3.05, 3.63) is 40.9 Å². The number of unbranched alkanes of at least 4 members (excludes halogenated alkanes) is 1. The van der Waals surface area contributed by atoms with E-state index in [0.29, 0.717) is 6.61 Å². The second kappa shape index (κ2) is 6.95. The smallest absolute Gasteiger partial charge is 0.134 e. The van der Waals surface area contributed by atoms with Crippen LogP contribution in [0.4, 0.5) is 0 Å². The molecule has 0 unspecified atom stereocenters. The van der Waals surface area contributed by atoms with E-state index in [9.17, 15) is 0 Å². The van der Waals surface area contributed by atoms with Crippen LogP contribution in [0, 0.1) is 16.7 Å². The van der Waals surface area contributed by atoms with Gasteiger partial charge in [0.25, 0.3) is 0 Å². The maximum atomic E-state index is 8.98. The van der Waals surface area contributed by atoms with Crippen LogP contribution in [0.25, 0.3) is 10.8 Å². The predicted molar refractivity (Wildman–Crippen MR) is 90.4 cm³/mol. The Hall–Kier alpha value is -1.53. The number of rotatable bonds is 6. The van der Waals surface area contributed by atoms with Gasteiger partial charge in [0.2, 0.25) is 0 Å². The largest absolute Gasteiger partial charge is 0.492 e. The van der Waals surface area contributed by atoms with Crippen LogP contribution in [-0.4, -0.2) is 6.61 Å². The van der Waals surface area contributed by atoms with E-state index >= 15 is 0 Å². The zero-order chi connectivity index (χ0) is 15.3. The van der Waals surface area contributed by atoms with E-state index in [1.54, 1.807) is 0 Å². The third-order valence-corrected chi connectivity index (χ3v) is 4.40. The average molecular weight is 346 g/mol. The number of halogens is 1. The molecule has 0 bridgehead atoms. The van der Waals surface area contributed by atoms with E-state index in [4.69, 9.17) is 10.00 Å². The average Bonchev–Trinajstić information content (AvgIpc) is 2.49. The zero-order valence-electron chi connectivity index (χ0n) is 12.5. The van der Waals surface area contributed by atoms with Crippen LogP contribution in [-0.2, 0) is 0 Å². The normalized spacial score (nSPS) is 11.3. The molecule has 0 amide bonds. The first-order chi connectivity index (χ1) is 10.0. The van der Waals surface area contributed by atoms with E-state index < -0.39 is 0 Å². The summed E-state index contributed by atoms with van der Waals surface area (Å²) in [6.45, 7) is 4.64. The van der Waals surface area contributed by atoms with Gasteiger partial charge in [-0.05, 0) is 65.9 Å². The summed E-state index contributed by atoms with van der Waals surface area (Å²) >= 11 is 3.63.